The summed E-state index contributed by atoms with van der Waals surface area (Å²) in [6.45, 7) is 4.93. The predicted molar refractivity (Wildman–Crippen MR) is 96.8 cm³/mol. The normalized spacial score (nSPS) is 12.3. The van der Waals surface area contributed by atoms with E-state index in [1.54, 1.807) is 0 Å². The summed E-state index contributed by atoms with van der Waals surface area (Å²) in [4.78, 5) is 12.4. The fraction of sp³-hybridized carbons (Fsp3) is 0.476. The minimum Gasteiger partial charge on any atom is -0.462 e. The maximum absolute atomic E-state index is 12.4. The molecule has 0 aliphatic rings. The van der Waals surface area contributed by atoms with E-state index in [0.29, 0.717) is 18.1 Å². The molecule has 0 aromatic heterocycles. The second kappa shape index (κ2) is 9.34. The molecular weight excluding hydrogens is 284 g/mol. The van der Waals surface area contributed by atoms with Gasteiger partial charge in [-0.1, -0.05) is 82.3 Å². The lowest BCUT2D eigenvalue weighted by molar-refractivity contribution is 0.0430. The Labute approximate surface area is 139 Å². The molecule has 1 atom stereocenters. The van der Waals surface area contributed by atoms with Crippen molar-refractivity contribution in [3.05, 3.63) is 48.0 Å². The molecule has 124 valence electrons. The van der Waals surface area contributed by atoms with Crippen LogP contribution < -0.4 is 0 Å². The summed E-state index contributed by atoms with van der Waals surface area (Å²) in [5.41, 5.74) is 0.670. The fourth-order valence-corrected chi connectivity index (χ4v) is 2.94. The Hall–Kier alpha value is -1.83. The Bertz CT molecular complexity index is 613. The summed E-state index contributed by atoms with van der Waals surface area (Å²) in [7, 11) is 0. The zero-order valence-corrected chi connectivity index (χ0v) is 14.4. The smallest absolute Gasteiger partial charge is 0.338 e. The minimum atomic E-state index is -0.200. The zero-order chi connectivity index (χ0) is 16.5. The predicted octanol–water partition coefficient (Wildman–Crippen LogP) is 5.99. The first-order valence-electron chi connectivity index (χ1n) is 8.91. The van der Waals surface area contributed by atoms with Crippen LogP contribution in [0.2, 0.25) is 0 Å². The Kier molecular flexibility index (Phi) is 7.12. The van der Waals surface area contributed by atoms with Crippen LogP contribution in [0.4, 0.5) is 0 Å². The van der Waals surface area contributed by atoms with Gasteiger partial charge in [0.15, 0.2) is 0 Å². The summed E-state index contributed by atoms with van der Waals surface area (Å²) in [6, 6.07) is 13.7. The number of benzene rings is 2. The average Bonchev–Trinajstić information content (AvgIpc) is 2.60. The van der Waals surface area contributed by atoms with E-state index in [1.807, 2.05) is 42.5 Å². The molecule has 2 aromatic carbocycles. The van der Waals surface area contributed by atoms with Crippen molar-refractivity contribution >= 4 is 16.7 Å². The number of hydrogen-bond acceptors (Lipinski definition) is 2. The van der Waals surface area contributed by atoms with Gasteiger partial charge in [-0.3, -0.25) is 0 Å². The highest BCUT2D eigenvalue weighted by atomic mass is 16.5. The molecule has 2 rings (SSSR count). The molecule has 0 N–H and O–H groups in total. The van der Waals surface area contributed by atoms with E-state index in [4.69, 9.17) is 4.74 Å². The molecule has 0 heterocycles. The minimum absolute atomic E-state index is 0.200. The molecule has 0 saturated carbocycles. The van der Waals surface area contributed by atoms with Crippen molar-refractivity contribution in [2.24, 2.45) is 5.92 Å². The van der Waals surface area contributed by atoms with Crippen LogP contribution in [0.5, 0.6) is 0 Å². The van der Waals surface area contributed by atoms with E-state index in [1.165, 1.54) is 25.7 Å². The lowest BCUT2D eigenvalue weighted by atomic mass is 9.99. The zero-order valence-electron chi connectivity index (χ0n) is 14.4. The van der Waals surface area contributed by atoms with E-state index >= 15 is 0 Å². The van der Waals surface area contributed by atoms with E-state index in [2.05, 4.69) is 13.8 Å². The molecule has 2 aromatic rings. The molecule has 1 unspecified atom stereocenters. The van der Waals surface area contributed by atoms with Gasteiger partial charge in [0.25, 0.3) is 0 Å². The third kappa shape index (κ3) is 5.09. The van der Waals surface area contributed by atoms with Gasteiger partial charge in [0, 0.05) is 0 Å². The maximum Gasteiger partial charge on any atom is 0.338 e. The van der Waals surface area contributed by atoms with Gasteiger partial charge in [-0.25, -0.2) is 4.79 Å². The van der Waals surface area contributed by atoms with Crippen molar-refractivity contribution in [1.82, 2.24) is 0 Å². The first-order chi connectivity index (χ1) is 11.3. The van der Waals surface area contributed by atoms with Gasteiger partial charge in [-0.15, -0.1) is 0 Å². The van der Waals surface area contributed by atoms with Gasteiger partial charge in [-0.2, -0.15) is 0 Å². The Balaban J connectivity index is 1.92. The molecular formula is C21H28O2. The first kappa shape index (κ1) is 17.5. The Morgan fingerprint density at radius 2 is 1.78 bits per heavy atom. The summed E-state index contributed by atoms with van der Waals surface area (Å²) in [5.74, 6) is 0.277. The number of hydrogen-bond donors (Lipinski definition) is 0. The quantitative estimate of drug-likeness (QED) is 0.419. The van der Waals surface area contributed by atoms with E-state index < -0.39 is 0 Å². The molecule has 0 radical (unpaired) electrons. The van der Waals surface area contributed by atoms with Gasteiger partial charge in [0.05, 0.1) is 12.2 Å². The molecule has 0 aliphatic heterocycles. The molecule has 0 amide bonds. The second-order valence-electron chi connectivity index (χ2n) is 6.25. The van der Waals surface area contributed by atoms with Crippen molar-refractivity contribution < 1.29 is 9.53 Å². The fourth-order valence-electron chi connectivity index (χ4n) is 2.94. The highest BCUT2D eigenvalue weighted by Crippen LogP contribution is 2.20. The summed E-state index contributed by atoms with van der Waals surface area (Å²) in [5, 5.41) is 2.05. The highest BCUT2D eigenvalue weighted by Gasteiger charge is 2.14. The highest BCUT2D eigenvalue weighted by molar-refractivity contribution is 6.04. The van der Waals surface area contributed by atoms with Crippen LogP contribution in [-0.4, -0.2) is 12.6 Å². The third-order valence-corrected chi connectivity index (χ3v) is 4.50. The van der Waals surface area contributed by atoms with Crippen LogP contribution in [0.15, 0.2) is 42.5 Å². The van der Waals surface area contributed by atoms with Crippen LogP contribution in [0.3, 0.4) is 0 Å². The van der Waals surface area contributed by atoms with E-state index in [-0.39, 0.29) is 5.97 Å². The van der Waals surface area contributed by atoms with E-state index in [0.717, 1.165) is 23.6 Å². The van der Waals surface area contributed by atoms with E-state index in [9.17, 15) is 4.79 Å². The van der Waals surface area contributed by atoms with Gasteiger partial charge >= 0.3 is 5.97 Å². The monoisotopic (exact) mass is 312 g/mol. The van der Waals surface area contributed by atoms with Crippen LogP contribution in [0.1, 0.15) is 62.7 Å². The summed E-state index contributed by atoms with van der Waals surface area (Å²) < 4.78 is 5.61. The molecule has 0 bridgehead atoms. The van der Waals surface area contributed by atoms with Crippen LogP contribution in [-0.2, 0) is 4.74 Å². The lowest BCUT2D eigenvalue weighted by Gasteiger charge is -2.15. The number of carbonyl (C=O) groups excluding carboxylic acids is 1. The largest absolute Gasteiger partial charge is 0.462 e. The molecule has 0 saturated heterocycles. The van der Waals surface area contributed by atoms with Crippen molar-refractivity contribution in [3.8, 4) is 0 Å². The van der Waals surface area contributed by atoms with Crippen molar-refractivity contribution in [1.29, 1.82) is 0 Å². The van der Waals surface area contributed by atoms with Crippen molar-refractivity contribution in [2.75, 3.05) is 6.61 Å². The van der Waals surface area contributed by atoms with Gasteiger partial charge in [0.2, 0.25) is 0 Å². The van der Waals surface area contributed by atoms with Gasteiger partial charge in [-0.05, 0) is 29.2 Å². The topological polar surface area (TPSA) is 26.3 Å². The summed E-state index contributed by atoms with van der Waals surface area (Å²) in [6.07, 6.45) is 7.29. The van der Waals surface area contributed by atoms with Crippen LogP contribution >= 0.6 is 0 Å². The number of ether oxygens (including phenoxy) is 1. The summed E-state index contributed by atoms with van der Waals surface area (Å²) >= 11 is 0. The number of rotatable bonds is 9. The molecule has 2 heteroatoms. The molecule has 2 nitrogen and oxygen atoms in total. The molecule has 23 heavy (non-hydrogen) atoms. The van der Waals surface area contributed by atoms with Crippen molar-refractivity contribution in [3.63, 3.8) is 0 Å². The van der Waals surface area contributed by atoms with Crippen LogP contribution in [0.25, 0.3) is 10.8 Å². The molecule has 0 fully saturated rings. The number of fused-ring (bicyclic) bond motifs is 1. The Morgan fingerprint density at radius 3 is 2.57 bits per heavy atom. The third-order valence-electron chi connectivity index (χ3n) is 4.50. The molecule has 0 spiro atoms. The van der Waals surface area contributed by atoms with Crippen molar-refractivity contribution in [2.45, 2.75) is 52.4 Å². The standard InChI is InChI=1S/C21H28O2/c1-3-5-6-7-11-17(4-2)16-23-21(22)20-15-10-13-18-12-8-9-14-19(18)20/h8-10,12-15,17H,3-7,11,16H2,1-2H3. The lowest BCUT2D eigenvalue weighted by Crippen LogP contribution is -2.14. The van der Waals surface area contributed by atoms with Crippen LogP contribution in [0, 0.1) is 5.92 Å². The van der Waals surface area contributed by atoms with Gasteiger partial charge in [0.1, 0.15) is 0 Å². The first-order valence-corrected chi connectivity index (χ1v) is 8.91. The van der Waals surface area contributed by atoms with Gasteiger partial charge < -0.3 is 4.74 Å². The Morgan fingerprint density at radius 1 is 1.00 bits per heavy atom. The SMILES string of the molecule is CCCCCCC(CC)COC(=O)c1cccc2ccccc12. The number of esters is 1. The maximum atomic E-state index is 12.4. The average molecular weight is 312 g/mol. The number of unbranched alkanes of at least 4 members (excludes halogenated alkanes) is 3. The molecule has 0 aliphatic carbocycles. The number of carbonyl (C=O) groups is 1. The second-order valence-corrected chi connectivity index (χ2v) is 6.25.